The van der Waals surface area contributed by atoms with Gasteiger partial charge in [0.1, 0.15) is 18.9 Å². The Kier molecular flexibility index (Phi) is 42.6. The van der Waals surface area contributed by atoms with Crippen molar-refractivity contribution in [1.29, 1.82) is 0 Å². The molecular weight excluding hydrogens is 860 g/mol. The maximum Gasteiger partial charge on any atom is 0.186 e. The molecular formula is C65H128AlF2N. The SMILES string of the molecule is CCCC(CC)CCC(C)[CH2][Al-]([CH2]C(C)CCC(CC)CCC)([CH2]C(C)CCC(CC)CCC)[CH2]C(C)CCC(CC)CCC.CCCC[NH+](CC(C)CCC(CC)CCC)c1ccc(F)cc1F. The monoisotopic (exact) mass is 988 g/mol. The Morgan fingerprint density at radius 1 is 0.391 bits per heavy atom. The third kappa shape index (κ3) is 32.5. The average molecular weight is 989 g/mol. The first kappa shape index (κ1) is 68.6. The summed E-state index contributed by atoms with van der Waals surface area (Å²) in [5.41, 5.74) is 0.622. The van der Waals surface area contributed by atoms with Crippen molar-refractivity contribution in [3.8, 4) is 0 Å². The number of benzene rings is 1. The van der Waals surface area contributed by atoms with E-state index < -0.39 is 24.7 Å². The fraction of sp³-hybridized carbons (Fsp3) is 0.908. The van der Waals surface area contributed by atoms with Crippen LogP contribution in [0.15, 0.2) is 18.2 Å². The summed E-state index contributed by atoms with van der Waals surface area (Å²) in [6.45, 7) is 40.9. The Morgan fingerprint density at radius 2 is 0.696 bits per heavy atom. The molecule has 1 rings (SSSR count). The van der Waals surface area contributed by atoms with Gasteiger partial charge in [0, 0.05) is 18.1 Å². The van der Waals surface area contributed by atoms with Crippen molar-refractivity contribution in [2.75, 3.05) is 13.1 Å². The van der Waals surface area contributed by atoms with Crippen molar-refractivity contribution >= 4 is 18.8 Å². The molecule has 0 aliphatic rings. The van der Waals surface area contributed by atoms with Crippen LogP contribution in [0.3, 0.4) is 0 Å². The average Bonchev–Trinajstić information content (AvgIpc) is 3.32. The van der Waals surface area contributed by atoms with E-state index in [9.17, 15) is 8.78 Å². The molecule has 11 unspecified atom stereocenters. The van der Waals surface area contributed by atoms with Gasteiger partial charge in [0.2, 0.25) is 0 Å². The van der Waals surface area contributed by atoms with Gasteiger partial charge in [0.15, 0.2) is 11.5 Å². The van der Waals surface area contributed by atoms with Crippen LogP contribution in [0.4, 0.5) is 14.5 Å². The first-order valence-electron chi connectivity index (χ1n) is 31.6. The quantitative estimate of drug-likeness (QED) is 0.0622. The molecule has 410 valence electrons. The number of hydrogen-bond acceptors (Lipinski definition) is 0. The van der Waals surface area contributed by atoms with E-state index in [1.165, 1.54) is 167 Å². The van der Waals surface area contributed by atoms with E-state index in [4.69, 9.17) is 0 Å². The van der Waals surface area contributed by atoms with Gasteiger partial charge in [-0.2, -0.15) is 21.1 Å². The number of quaternary nitrogens is 1. The smallest absolute Gasteiger partial charge is 0.186 e. The zero-order chi connectivity index (χ0) is 52.0. The number of hydrogen-bond donors (Lipinski definition) is 1. The lowest BCUT2D eigenvalue weighted by atomic mass is 9.91. The highest BCUT2D eigenvalue weighted by atomic mass is 27.2. The second-order valence-corrected chi connectivity index (χ2v) is 30.3. The molecule has 4 heteroatoms. The predicted octanol–water partition coefficient (Wildman–Crippen LogP) is 21.9. The molecule has 0 saturated carbocycles. The zero-order valence-corrected chi connectivity index (χ0v) is 51.3. The first-order valence-corrected chi connectivity index (χ1v) is 34.8. The Bertz CT molecular complexity index is 1180. The van der Waals surface area contributed by atoms with E-state index in [0.29, 0.717) is 11.6 Å². The molecule has 1 nitrogen and oxygen atoms in total. The van der Waals surface area contributed by atoms with Crippen LogP contribution in [0, 0.1) is 70.8 Å². The van der Waals surface area contributed by atoms with Gasteiger partial charge in [-0.05, 0) is 54.9 Å². The van der Waals surface area contributed by atoms with Crippen LogP contribution in [-0.2, 0) is 0 Å². The Morgan fingerprint density at radius 3 is 0.957 bits per heavy atom. The molecule has 0 aliphatic heterocycles. The van der Waals surface area contributed by atoms with Gasteiger partial charge in [-0.25, -0.2) is 8.78 Å². The van der Waals surface area contributed by atoms with Gasteiger partial charge in [0.25, 0.3) is 0 Å². The maximum absolute atomic E-state index is 14.2. The number of halogens is 2. The third-order valence-electron chi connectivity index (χ3n) is 18.1. The van der Waals surface area contributed by atoms with Crippen LogP contribution in [-0.4, -0.2) is 26.2 Å². The van der Waals surface area contributed by atoms with Crippen LogP contribution >= 0.6 is 0 Å². The molecule has 69 heavy (non-hydrogen) atoms. The molecule has 0 saturated heterocycles. The Labute approximate surface area is 437 Å². The minimum Gasteiger partial charge on any atom is -0.300 e. The van der Waals surface area contributed by atoms with Crippen LogP contribution in [0.1, 0.15) is 284 Å². The van der Waals surface area contributed by atoms with Gasteiger partial charge in [-0.1, -0.05) is 289 Å². The van der Waals surface area contributed by atoms with Crippen molar-refractivity contribution in [3.63, 3.8) is 0 Å². The third-order valence-corrected chi connectivity index (χ3v) is 25.3. The van der Waals surface area contributed by atoms with Crippen molar-refractivity contribution in [1.82, 2.24) is 0 Å². The number of nitrogens with one attached hydrogen (secondary N) is 1. The molecule has 0 aliphatic carbocycles. The lowest BCUT2D eigenvalue weighted by molar-refractivity contribution is -0.838. The van der Waals surface area contributed by atoms with Crippen LogP contribution in [0.5, 0.6) is 0 Å². The summed E-state index contributed by atoms with van der Waals surface area (Å²) in [7, 11) is 0. The summed E-state index contributed by atoms with van der Waals surface area (Å²) >= 11 is -1.85. The summed E-state index contributed by atoms with van der Waals surface area (Å²) in [6, 6.07) is 4.01. The van der Waals surface area contributed by atoms with Gasteiger partial charge < -0.3 is 0 Å². The van der Waals surface area contributed by atoms with E-state index in [1.807, 2.05) is 0 Å². The summed E-state index contributed by atoms with van der Waals surface area (Å²) in [5, 5.41) is 6.61. The molecule has 0 amide bonds. The first-order chi connectivity index (χ1) is 33.1. The van der Waals surface area contributed by atoms with Gasteiger partial charge in [0.05, 0.1) is 13.1 Å². The Hall–Kier alpha value is -0.428. The number of unbranched alkanes of at least 4 members (excludes halogenated alkanes) is 1. The second-order valence-electron chi connectivity index (χ2n) is 24.9. The van der Waals surface area contributed by atoms with Crippen molar-refractivity contribution < 1.29 is 13.7 Å². The summed E-state index contributed by atoms with van der Waals surface area (Å²) < 4.78 is 27.4. The van der Waals surface area contributed by atoms with Crippen molar-refractivity contribution in [2.45, 2.75) is 305 Å². The predicted molar refractivity (Wildman–Crippen MR) is 312 cm³/mol. The van der Waals surface area contributed by atoms with Crippen molar-refractivity contribution in [3.05, 3.63) is 29.8 Å². The molecule has 1 N–H and O–H groups in total. The van der Waals surface area contributed by atoms with Crippen LogP contribution in [0.25, 0.3) is 0 Å². The van der Waals surface area contributed by atoms with E-state index in [-0.39, 0.29) is 0 Å². The van der Waals surface area contributed by atoms with Gasteiger partial charge in [-0.3, -0.25) is 4.90 Å². The van der Waals surface area contributed by atoms with E-state index in [1.54, 1.807) is 27.2 Å². The highest BCUT2D eigenvalue weighted by Crippen LogP contribution is 2.43. The lowest BCUT2D eigenvalue weighted by Crippen LogP contribution is -3.08. The highest BCUT2D eigenvalue weighted by Gasteiger charge is 2.35. The maximum atomic E-state index is 14.2. The molecule has 0 spiro atoms. The zero-order valence-electron chi connectivity index (χ0n) is 50.2. The minimum atomic E-state index is -1.85. The topological polar surface area (TPSA) is 4.44 Å². The molecule has 1 aromatic rings. The fourth-order valence-corrected chi connectivity index (χ4v) is 22.8. The van der Waals surface area contributed by atoms with E-state index in [2.05, 4.69) is 111 Å². The second kappa shape index (κ2) is 42.9. The normalized spacial score (nSPS) is 17.7. The summed E-state index contributed by atoms with van der Waals surface area (Å²) in [5.74, 6) is 8.05. The molecule has 0 fully saturated rings. The molecule has 0 heterocycles. The van der Waals surface area contributed by atoms with E-state index in [0.717, 1.165) is 90.2 Å². The molecule has 11 atom stereocenters. The lowest BCUT2D eigenvalue weighted by Gasteiger charge is -2.45. The van der Waals surface area contributed by atoms with Crippen molar-refractivity contribution in [2.24, 2.45) is 59.2 Å². The van der Waals surface area contributed by atoms with Gasteiger partial charge >= 0.3 is 0 Å². The highest BCUT2D eigenvalue weighted by molar-refractivity contribution is 6.80. The summed E-state index contributed by atoms with van der Waals surface area (Å²) in [6.07, 6.45) is 37.1. The van der Waals surface area contributed by atoms with Crippen LogP contribution < -0.4 is 4.90 Å². The molecule has 1 aromatic carbocycles. The largest absolute Gasteiger partial charge is 0.300 e. The number of rotatable bonds is 44. The van der Waals surface area contributed by atoms with E-state index >= 15 is 0 Å². The minimum absolute atomic E-state index is 0.411. The Balaban J connectivity index is 0.00000161. The summed E-state index contributed by atoms with van der Waals surface area (Å²) in [4.78, 5) is 1.16. The van der Waals surface area contributed by atoms with Crippen LogP contribution in [0.2, 0.25) is 21.1 Å². The molecule has 0 bridgehead atoms. The van der Waals surface area contributed by atoms with Gasteiger partial charge in [-0.15, -0.1) is 0 Å². The fourth-order valence-electron chi connectivity index (χ4n) is 13.9. The standard InChI is InChI=1S/C21H35F2N.4C11H23.Al/c1-5-8-14-24(21-13-12-19(22)15-20(21)23)16-17(4)10-11-18(7-3)9-6-2;4*1-5-7-11(6-2)9-8-10(3)4;/h12-13,15,17-18H,5-11,14,16H2,1-4H3;4*10-11H,3,5-9H2,1-2,4H3;/q;;;;;-1/p+1. The molecule has 0 radical (unpaired) electrons. The molecule has 0 aromatic heterocycles.